The summed E-state index contributed by atoms with van der Waals surface area (Å²) in [6.45, 7) is 6.67. The van der Waals surface area contributed by atoms with Gasteiger partial charge in [0.05, 0.1) is 17.9 Å². The normalized spacial score (nSPS) is 30.1. The van der Waals surface area contributed by atoms with E-state index in [1.54, 1.807) is 19.1 Å². The molecular weight excluding hydrogens is 796 g/mol. The molecule has 5 aliphatic rings. The van der Waals surface area contributed by atoms with Crippen molar-refractivity contribution in [3.63, 3.8) is 0 Å². The van der Waals surface area contributed by atoms with Crippen molar-refractivity contribution in [1.29, 1.82) is 0 Å². The van der Waals surface area contributed by atoms with Gasteiger partial charge >= 0.3 is 12.3 Å². The number of ether oxygens (including phenoxy) is 2. The Bertz CT molecular complexity index is 2180. The fourth-order valence-electron chi connectivity index (χ4n) is 8.90. The molecule has 3 fully saturated rings. The van der Waals surface area contributed by atoms with E-state index in [2.05, 4.69) is 15.0 Å². The van der Waals surface area contributed by atoms with E-state index in [0.717, 1.165) is 22.3 Å². The van der Waals surface area contributed by atoms with Crippen LogP contribution < -0.4 is 19.5 Å². The third-order valence-corrected chi connectivity index (χ3v) is 15.3. The molecule has 3 aliphatic heterocycles. The first-order chi connectivity index (χ1) is 27.6. The van der Waals surface area contributed by atoms with E-state index in [-0.39, 0.29) is 48.9 Å². The highest BCUT2D eigenvalue weighted by atomic mass is 32.2. The van der Waals surface area contributed by atoms with E-state index >= 15 is 4.79 Å². The predicted molar refractivity (Wildman–Crippen MR) is 209 cm³/mol. The number of nitrogens with one attached hydrogen (secondary N) is 2. The van der Waals surface area contributed by atoms with Crippen LogP contribution in [0.2, 0.25) is 0 Å². The minimum absolute atomic E-state index is 0.0584. The average molecular weight is 848 g/mol. The van der Waals surface area contributed by atoms with Gasteiger partial charge in [-0.15, -0.1) is 0 Å². The fourth-order valence-corrected chi connectivity index (χ4v) is 10.2. The second-order valence-electron chi connectivity index (χ2n) is 17.7. The standard InChI is InChI=1S/C41H52F3N5O9S/c1-6-24-19-23(2)9-7-8-10-26-21-40(26,36(52)47-59(55,56)39(5)15-16-39)46-33(50)30-20-27(58-34-29-12-11-25-14-18-57-32(25)28(29)13-17-45-34)22-48(30)35(51)31(24)49(37(53)54)38(3,4)41(42,43)44/h8,10-13,17,23-24,26-27,30-31H,6-7,9,14-16,18-22H2,1-5H3,(H,46,50)(H,47,52)(H,53,54)/b10-8-/t23-,24+,26+,27+,30-,31-,40+/m0/s1. The number of carbonyl (C=O) groups excluding carboxylic acids is 3. The first-order valence-corrected chi connectivity index (χ1v) is 21.8. The molecule has 18 heteroatoms. The number of alkyl halides is 3. The van der Waals surface area contributed by atoms with Crippen LogP contribution in [0, 0.1) is 17.8 Å². The maximum absolute atomic E-state index is 15.2. The van der Waals surface area contributed by atoms with Crippen LogP contribution in [0.25, 0.3) is 10.8 Å². The van der Waals surface area contributed by atoms with Crippen molar-refractivity contribution in [3.8, 4) is 11.6 Å². The second kappa shape index (κ2) is 15.1. The summed E-state index contributed by atoms with van der Waals surface area (Å²) in [6, 6.07) is 2.15. The van der Waals surface area contributed by atoms with Gasteiger partial charge < -0.3 is 24.8 Å². The van der Waals surface area contributed by atoms with E-state index < -0.39 is 85.9 Å². The molecule has 59 heavy (non-hydrogen) atoms. The molecule has 1 aromatic carbocycles. The molecule has 3 N–H and O–H groups in total. The molecule has 0 spiro atoms. The van der Waals surface area contributed by atoms with Crippen LogP contribution >= 0.6 is 0 Å². The van der Waals surface area contributed by atoms with E-state index in [9.17, 15) is 41.1 Å². The van der Waals surface area contributed by atoms with Gasteiger partial charge in [-0.25, -0.2) is 18.2 Å². The molecule has 14 nitrogen and oxygen atoms in total. The Kier molecular flexibility index (Phi) is 10.9. The number of aromatic nitrogens is 1. The minimum Gasteiger partial charge on any atom is -0.492 e. The lowest BCUT2D eigenvalue weighted by molar-refractivity contribution is -0.222. The Balaban J connectivity index is 1.30. The summed E-state index contributed by atoms with van der Waals surface area (Å²) in [6.07, 6.45) is -0.299. The first kappa shape index (κ1) is 42.5. The van der Waals surface area contributed by atoms with Gasteiger partial charge in [0.15, 0.2) is 0 Å². The van der Waals surface area contributed by atoms with Crippen molar-refractivity contribution < 1.29 is 55.3 Å². The summed E-state index contributed by atoms with van der Waals surface area (Å²) >= 11 is 0. The lowest BCUT2D eigenvalue weighted by atomic mass is 9.82. The maximum atomic E-state index is 15.2. The highest BCUT2D eigenvalue weighted by Crippen LogP contribution is 2.48. The van der Waals surface area contributed by atoms with Crippen LogP contribution in [0.4, 0.5) is 18.0 Å². The smallest absolute Gasteiger partial charge is 0.411 e. The van der Waals surface area contributed by atoms with Gasteiger partial charge in [0.2, 0.25) is 27.7 Å². The number of pyridine rings is 1. The zero-order valence-electron chi connectivity index (χ0n) is 33.8. The Morgan fingerprint density at radius 2 is 1.88 bits per heavy atom. The summed E-state index contributed by atoms with van der Waals surface area (Å²) in [5.74, 6) is -3.65. The van der Waals surface area contributed by atoms with E-state index in [4.69, 9.17) is 9.47 Å². The van der Waals surface area contributed by atoms with E-state index in [1.165, 1.54) is 13.1 Å². The maximum Gasteiger partial charge on any atom is 0.411 e. The van der Waals surface area contributed by atoms with Crippen molar-refractivity contribution in [2.24, 2.45) is 17.8 Å². The third-order valence-electron chi connectivity index (χ3n) is 13.2. The lowest BCUT2D eigenvalue weighted by Crippen LogP contribution is -2.66. The lowest BCUT2D eigenvalue weighted by Gasteiger charge is -2.46. The number of benzene rings is 1. The molecule has 0 unspecified atom stereocenters. The molecule has 7 rings (SSSR count). The number of halogens is 3. The summed E-state index contributed by atoms with van der Waals surface area (Å²) < 4.78 is 84.2. The molecule has 1 saturated heterocycles. The van der Waals surface area contributed by atoms with Gasteiger partial charge in [-0.2, -0.15) is 13.2 Å². The monoisotopic (exact) mass is 847 g/mol. The molecule has 322 valence electrons. The van der Waals surface area contributed by atoms with Gasteiger partial charge in [-0.3, -0.25) is 24.0 Å². The molecule has 0 bridgehead atoms. The van der Waals surface area contributed by atoms with Crippen molar-refractivity contribution >= 4 is 44.6 Å². The molecule has 1 aromatic heterocycles. The van der Waals surface area contributed by atoms with Crippen LogP contribution in [-0.4, -0.2) is 105 Å². The number of fused-ring (bicyclic) bond motifs is 5. The number of amides is 4. The van der Waals surface area contributed by atoms with Gasteiger partial charge in [-0.1, -0.05) is 38.5 Å². The van der Waals surface area contributed by atoms with Gasteiger partial charge in [0.25, 0.3) is 5.91 Å². The summed E-state index contributed by atoms with van der Waals surface area (Å²) in [4.78, 5) is 62.5. The SMILES string of the molecule is CC[C@@H]1C[C@@H](C)CC/C=C\[C@@H]2C[C@@]2(C(=O)NS(=O)(=O)C2(C)CC2)NC(=O)[C@@H]2C[C@@H](Oc3nccc4c5c(ccc34)CCO5)CN2C(=O)[C@H]1N(C(=O)O)C(C)(C)C(F)(F)F. The number of hydrogen-bond donors (Lipinski definition) is 3. The Morgan fingerprint density at radius 3 is 2.54 bits per heavy atom. The number of sulfonamides is 1. The quantitative estimate of drug-likeness (QED) is 0.288. The Morgan fingerprint density at radius 1 is 1.15 bits per heavy atom. The van der Waals surface area contributed by atoms with E-state index in [0.29, 0.717) is 57.3 Å². The second-order valence-corrected chi connectivity index (χ2v) is 19.9. The highest BCUT2D eigenvalue weighted by molar-refractivity contribution is 7.91. The van der Waals surface area contributed by atoms with Crippen LogP contribution in [0.1, 0.15) is 91.5 Å². The highest BCUT2D eigenvalue weighted by Gasteiger charge is 2.64. The number of allylic oxidation sites excluding steroid dienone is 1. The number of nitrogens with zero attached hydrogens (tertiary/aromatic N) is 3. The number of rotatable bonds is 8. The largest absolute Gasteiger partial charge is 0.492 e. The molecule has 7 atom stereocenters. The number of carbonyl (C=O) groups is 4. The Labute approximate surface area is 341 Å². The van der Waals surface area contributed by atoms with Crippen LogP contribution in [-0.2, 0) is 30.8 Å². The van der Waals surface area contributed by atoms with E-state index in [1.807, 2.05) is 25.1 Å². The number of carboxylic acid groups (broad SMARTS) is 1. The van der Waals surface area contributed by atoms with Gasteiger partial charge in [0, 0.05) is 35.7 Å². The van der Waals surface area contributed by atoms with Crippen LogP contribution in [0.5, 0.6) is 11.6 Å². The van der Waals surface area contributed by atoms with Gasteiger partial charge in [-0.05, 0) is 88.8 Å². The topological polar surface area (TPSA) is 185 Å². The molecule has 2 aliphatic carbocycles. The summed E-state index contributed by atoms with van der Waals surface area (Å²) in [5.41, 5.74) is -3.74. The van der Waals surface area contributed by atoms with Gasteiger partial charge in [0.1, 0.15) is 35.0 Å². The predicted octanol–water partition coefficient (Wildman–Crippen LogP) is 5.48. The summed E-state index contributed by atoms with van der Waals surface area (Å²) in [7, 11) is -4.12. The van der Waals surface area contributed by atoms with Crippen molar-refractivity contribution in [1.82, 2.24) is 24.8 Å². The Hall–Kier alpha value is -4.61. The molecule has 4 amide bonds. The molecule has 0 radical (unpaired) electrons. The van der Waals surface area contributed by atoms with Crippen molar-refractivity contribution in [3.05, 3.63) is 42.1 Å². The molecule has 2 aromatic rings. The molecule has 4 heterocycles. The van der Waals surface area contributed by atoms with Crippen LogP contribution in [0.15, 0.2) is 36.5 Å². The third kappa shape index (κ3) is 7.69. The average Bonchev–Trinajstić information content (AvgIpc) is 3.94. The van der Waals surface area contributed by atoms with Crippen LogP contribution in [0.3, 0.4) is 0 Å². The number of hydrogen-bond acceptors (Lipinski definition) is 9. The minimum atomic E-state index is -5.09. The zero-order chi connectivity index (χ0) is 42.9. The summed E-state index contributed by atoms with van der Waals surface area (Å²) in [5, 5.41) is 14.6. The first-order valence-electron chi connectivity index (χ1n) is 20.3. The van der Waals surface area contributed by atoms with Crippen molar-refractivity contribution in [2.45, 2.75) is 133 Å². The molecule has 2 saturated carbocycles. The van der Waals surface area contributed by atoms with Crippen molar-refractivity contribution in [2.75, 3.05) is 13.2 Å². The molecular formula is C41H52F3N5O9S. The zero-order valence-corrected chi connectivity index (χ0v) is 34.6. The fraction of sp³-hybridized carbons (Fsp3) is 0.634.